The van der Waals surface area contributed by atoms with Gasteiger partial charge in [0, 0.05) is 13.0 Å². The molecule has 78 valence electrons. The maximum atomic E-state index is 11.4. The standard InChI is InChI=1S/C10H16N2O2/c1-2-5-9(13)12-8-6-3-4-7-11-10(8)14/h2,8H,1,3-7H2,(H,11,14)(H,12,13). The molecule has 1 unspecified atom stereocenters. The van der Waals surface area contributed by atoms with Crippen LogP contribution in [-0.2, 0) is 9.59 Å². The van der Waals surface area contributed by atoms with Crippen LogP contribution in [0.15, 0.2) is 12.7 Å². The molecule has 0 aromatic carbocycles. The molecule has 1 atom stereocenters. The van der Waals surface area contributed by atoms with Gasteiger partial charge >= 0.3 is 0 Å². The third-order valence-electron chi connectivity index (χ3n) is 2.20. The fraction of sp³-hybridized carbons (Fsp3) is 0.600. The second-order valence-corrected chi connectivity index (χ2v) is 3.40. The van der Waals surface area contributed by atoms with Crippen LogP contribution >= 0.6 is 0 Å². The van der Waals surface area contributed by atoms with Gasteiger partial charge in [0.05, 0.1) is 0 Å². The van der Waals surface area contributed by atoms with Gasteiger partial charge in [-0.1, -0.05) is 6.08 Å². The Labute approximate surface area is 83.8 Å². The maximum absolute atomic E-state index is 11.4. The molecule has 0 aromatic heterocycles. The van der Waals surface area contributed by atoms with Crippen molar-refractivity contribution in [3.8, 4) is 0 Å². The molecule has 1 aliphatic rings. The summed E-state index contributed by atoms with van der Waals surface area (Å²) in [5.41, 5.74) is 0. The molecule has 0 bridgehead atoms. The Balaban J connectivity index is 2.43. The van der Waals surface area contributed by atoms with Gasteiger partial charge in [-0.3, -0.25) is 9.59 Å². The minimum absolute atomic E-state index is 0.0695. The quantitative estimate of drug-likeness (QED) is 0.640. The van der Waals surface area contributed by atoms with E-state index in [4.69, 9.17) is 0 Å². The summed E-state index contributed by atoms with van der Waals surface area (Å²) in [6.45, 7) is 4.18. The van der Waals surface area contributed by atoms with Crippen LogP contribution in [-0.4, -0.2) is 24.4 Å². The summed E-state index contributed by atoms with van der Waals surface area (Å²) in [7, 11) is 0. The van der Waals surface area contributed by atoms with Crippen molar-refractivity contribution < 1.29 is 9.59 Å². The number of nitrogens with one attached hydrogen (secondary N) is 2. The van der Waals surface area contributed by atoms with Crippen LogP contribution in [0.1, 0.15) is 25.7 Å². The predicted octanol–water partition coefficient (Wildman–Crippen LogP) is 0.347. The highest BCUT2D eigenvalue weighted by Crippen LogP contribution is 2.05. The minimum atomic E-state index is -0.357. The molecule has 0 radical (unpaired) electrons. The van der Waals surface area contributed by atoms with E-state index >= 15 is 0 Å². The third kappa shape index (κ3) is 3.20. The van der Waals surface area contributed by atoms with Crippen molar-refractivity contribution in [2.45, 2.75) is 31.7 Å². The highest BCUT2D eigenvalue weighted by molar-refractivity contribution is 5.88. The summed E-state index contributed by atoms with van der Waals surface area (Å²) in [6, 6.07) is -0.357. The van der Waals surface area contributed by atoms with Crippen molar-refractivity contribution in [3.63, 3.8) is 0 Å². The minimum Gasteiger partial charge on any atom is -0.354 e. The smallest absolute Gasteiger partial charge is 0.242 e. The number of rotatable bonds is 3. The van der Waals surface area contributed by atoms with E-state index in [0.717, 1.165) is 19.3 Å². The molecule has 1 aliphatic heterocycles. The normalized spacial score (nSPS) is 22.0. The van der Waals surface area contributed by atoms with E-state index in [2.05, 4.69) is 17.2 Å². The second-order valence-electron chi connectivity index (χ2n) is 3.40. The van der Waals surface area contributed by atoms with E-state index in [1.54, 1.807) is 0 Å². The topological polar surface area (TPSA) is 58.2 Å². The largest absolute Gasteiger partial charge is 0.354 e. The molecule has 1 saturated heterocycles. The molecule has 4 heteroatoms. The molecule has 4 nitrogen and oxygen atoms in total. The zero-order chi connectivity index (χ0) is 10.4. The van der Waals surface area contributed by atoms with Gasteiger partial charge in [0.25, 0.3) is 0 Å². The number of hydrogen-bond donors (Lipinski definition) is 2. The SMILES string of the molecule is C=CCC(=O)NC1CCCCNC1=O. The Morgan fingerprint density at radius 1 is 1.64 bits per heavy atom. The molecule has 1 heterocycles. The predicted molar refractivity (Wildman–Crippen MR) is 53.6 cm³/mol. The van der Waals surface area contributed by atoms with Crippen LogP contribution in [0.5, 0.6) is 0 Å². The third-order valence-corrected chi connectivity index (χ3v) is 2.20. The van der Waals surface area contributed by atoms with E-state index in [1.807, 2.05) is 0 Å². The molecule has 0 spiro atoms. The monoisotopic (exact) mass is 196 g/mol. The summed E-state index contributed by atoms with van der Waals surface area (Å²) in [6.07, 6.45) is 4.49. The number of carbonyl (C=O) groups excluding carboxylic acids is 2. The lowest BCUT2D eigenvalue weighted by molar-refractivity contribution is -0.128. The summed E-state index contributed by atoms with van der Waals surface area (Å²) >= 11 is 0. The zero-order valence-electron chi connectivity index (χ0n) is 8.21. The lowest BCUT2D eigenvalue weighted by atomic mass is 10.1. The molecule has 14 heavy (non-hydrogen) atoms. The fourth-order valence-corrected chi connectivity index (χ4v) is 1.46. The van der Waals surface area contributed by atoms with Gasteiger partial charge in [-0.2, -0.15) is 0 Å². The lowest BCUT2D eigenvalue weighted by Gasteiger charge is -2.14. The fourth-order valence-electron chi connectivity index (χ4n) is 1.46. The van der Waals surface area contributed by atoms with Crippen molar-refractivity contribution in [1.82, 2.24) is 10.6 Å². The highest BCUT2D eigenvalue weighted by atomic mass is 16.2. The average molecular weight is 196 g/mol. The van der Waals surface area contributed by atoms with Crippen LogP contribution in [0.2, 0.25) is 0 Å². The van der Waals surface area contributed by atoms with Crippen LogP contribution in [0.3, 0.4) is 0 Å². The van der Waals surface area contributed by atoms with E-state index in [1.165, 1.54) is 6.08 Å². The van der Waals surface area contributed by atoms with E-state index < -0.39 is 0 Å². The van der Waals surface area contributed by atoms with Crippen LogP contribution in [0.4, 0.5) is 0 Å². The van der Waals surface area contributed by atoms with Crippen LogP contribution in [0, 0.1) is 0 Å². The summed E-state index contributed by atoms with van der Waals surface area (Å²) < 4.78 is 0. The van der Waals surface area contributed by atoms with Crippen molar-refractivity contribution in [2.24, 2.45) is 0 Å². The van der Waals surface area contributed by atoms with Crippen molar-refractivity contribution in [3.05, 3.63) is 12.7 Å². The van der Waals surface area contributed by atoms with Crippen molar-refractivity contribution >= 4 is 11.8 Å². The van der Waals surface area contributed by atoms with Crippen molar-refractivity contribution in [2.75, 3.05) is 6.54 Å². The zero-order valence-corrected chi connectivity index (χ0v) is 8.21. The first-order valence-electron chi connectivity index (χ1n) is 4.92. The Hall–Kier alpha value is -1.32. The molecule has 0 aliphatic carbocycles. The molecule has 2 N–H and O–H groups in total. The van der Waals surface area contributed by atoms with Crippen LogP contribution < -0.4 is 10.6 Å². The average Bonchev–Trinajstić information content (AvgIpc) is 2.33. The van der Waals surface area contributed by atoms with Gasteiger partial charge in [-0.05, 0) is 19.3 Å². The molecular formula is C10H16N2O2. The van der Waals surface area contributed by atoms with Gasteiger partial charge in [-0.15, -0.1) is 6.58 Å². The van der Waals surface area contributed by atoms with Gasteiger partial charge in [0.2, 0.25) is 11.8 Å². The van der Waals surface area contributed by atoms with E-state index in [-0.39, 0.29) is 24.3 Å². The summed E-state index contributed by atoms with van der Waals surface area (Å²) in [4.78, 5) is 22.6. The van der Waals surface area contributed by atoms with Gasteiger partial charge in [-0.25, -0.2) is 0 Å². The van der Waals surface area contributed by atoms with Gasteiger partial charge in [0.15, 0.2) is 0 Å². The number of carbonyl (C=O) groups is 2. The van der Waals surface area contributed by atoms with E-state index in [9.17, 15) is 9.59 Å². The van der Waals surface area contributed by atoms with Gasteiger partial charge < -0.3 is 10.6 Å². The first kappa shape index (κ1) is 10.8. The van der Waals surface area contributed by atoms with Gasteiger partial charge in [0.1, 0.15) is 6.04 Å². The van der Waals surface area contributed by atoms with Crippen molar-refractivity contribution in [1.29, 1.82) is 0 Å². The molecule has 2 amide bonds. The number of hydrogen-bond acceptors (Lipinski definition) is 2. The molecule has 0 aromatic rings. The Kier molecular flexibility index (Phi) is 4.16. The molecular weight excluding hydrogens is 180 g/mol. The first-order valence-corrected chi connectivity index (χ1v) is 4.92. The second kappa shape index (κ2) is 5.42. The molecule has 1 fully saturated rings. The lowest BCUT2D eigenvalue weighted by Crippen LogP contribution is -2.45. The molecule has 0 saturated carbocycles. The summed E-state index contributed by atoms with van der Waals surface area (Å²) in [5, 5.41) is 5.45. The van der Waals surface area contributed by atoms with E-state index in [0.29, 0.717) is 6.54 Å². The van der Waals surface area contributed by atoms with Crippen LogP contribution in [0.25, 0.3) is 0 Å². The maximum Gasteiger partial charge on any atom is 0.242 e. The first-order chi connectivity index (χ1) is 6.74. The Bertz CT molecular complexity index is 238. The number of amides is 2. The Morgan fingerprint density at radius 2 is 2.43 bits per heavy atom. The Morgan fingerprint density at radius 3 is 3.14 bits per heavy atom. The highest BCUT2D eigenvalue weighted by Gasteiger charge is 2.21. The molecule has 1 rings (SSSR count). The summed E-state index contributed by atoms with van der Waals surface area (Å²) in [5.74, 6) is -0.207.